The molecule has 0 aromatic carbocycles. The monoisotopic (exact) mass is 158 g/mol. The van der Waals surface area contributed by atoms with Gasteiger partial charge in [0.2, 0.25) is 0 Å². The molecule has 0 bridgehead atoms. The number of hydrogen-bond donors (Lipinski definition) is 2. The van der Waals surface area contributed by atoms with Crippen molar-refractivity contribution >= 4 is 12.6 Å². The molecule has 1 aliphatic rings. The highest BCUT2D eigenvalue weighted by Crippen LogP contribution is 2.33. The summed E-state index contributed by atoms with van der Waals surface area (Å²) in [6.45, 7) is 4.24. The van der Waals surface area contributed by atoms with Crippen LogP contribution in [0.25, 0.3) is 0 Å². The second kappa shape index (κ2) is 2.87. The van der Waals surface area contributed by atoms with Gasteiger partial charge in [-0.05, 0) is 18.8 Å². The van der Waals surface area contributed by atoms with E-state index in [0.29, 0.717) is 17.6 Å². The highest BCUT2D eigenvalue weighted by atomic mass is 32.1. The van der Waals surface area contributed by atoms with E-state index in [9.17, 15) is 5.11 Å². The van der Waals surface area contributed by atoms with Crippen molar-refractivity contribution in [3.8, 4) is 0 Å². The van der Waals surface area contributed by atoms with E-state index < -0.39 is 0 Å². The van der Waals surface area contributed by atoms with E-state index in [1.165, 1.54) is 0 Å². The van der Waals surface area contributed by atoms with Gasteiger partial charge in [0.25, 0.3) is 0 Å². The van der Waals surface area contributed by atoms with Crippen LogP contribution in [-0.2, 0) is 0 Å². The fraction of sp³-hybridized carbons (Fsp3) is 0.750. The number of aliphatic hydroxyl groups excluding tert-OH is 1. The van der Waals surface area contributed by atoms with Crippen LogP contribution in [0.1, 0.15) is 26.7 Å². The maximum Gasteiger partial charge on any atom is 0.104 e. The summed E-state index contributed by atoms with van der Waals surface area (Å²) in [4.78, 5) is 0.881. The third-order valence-electron chi connectivity index (χ3n) is 2.06. The zero-order valence-electron chi connectivity index (χ0n) is 6.46. The summed E-state index contributed by atoms with van der Waals surface area (Å²) in [6, 6.07) is 0. The number of thiol groups is 1. The molecule has 0 aromatic heterocycles. The summed E-state index contributed by atoms with van der Waals surface area (Å²) < 4.78 is 0. The van der Waals surface area contributed by atoms with Crippen molar-refractivity contribution in [2.24, 2.45) is 11.8 Å². The van der Waals surface area contributed by atoms with Crippen molar-refractivity contribution in [3.63, 3.8) is 0 Å². The molecule has 0 heterocycles. The van der Waals surface area contributed by atoms with Crippen LogP contribution in [0.4, 0.5) is 0 Å². The molecule has 0 amide bonds. The van der Waals surface area contributed by atoms with Crippen LogP contribution in [0.3, 0.4) is 0 Å². The predicted octanol–water partition coefficient (Wildman–Crippen LogP) is 2.75. The Hall–Kier alpha value is -0.110. The first-order valence-electron chi connectivity index (χ1n) is 3.72. The Morgan fingerprint density at radius 1 is 1.50 bits per heavy atom. The fourth-order valence-electron chi connectivity index (χ4n) is 1.52. The van der Waals surface area contributed by atoms with Crippen LogP contribution in [0.15, 0.2) is 10.7 Å². The van der Waals surface area contributed by atoms with Crippen LogP contribution in [-0.4, -0.2) is 5.11 Å². The minimum Gasteiger partial charge on any atom is -0.511 e. The third-order valence-corrected chi connectivity index (χ3v) is 2.47. The van der Waals surface area contributed by atoms with Crippen molar-refractivity contribution in [1.29, 1.82) is 0 Å². The molecule has 0 aromatic rings. The largest absolute Gasteiger partial charge is 0.511 e. The first kappa shape index (κ1) is 7.99. The molecule has 1 aliphatic carbocycles. The molecule has 0 spiro atoms. The molecule has 0 saturated heterocycles. The van der Waals surface area contributed by atoms with Gasteiger partial charge in [0.05, 0.1) is 0 Å². The quantitative estimate of drug-likeness (QED) is 0.519. The molecule has 1 nitrogen and oxygen atoms in total. The van der Waals surface area contributed by atoms with Crippen molar-refractivity contribution in [2.45, 2.75) is 26.7 Å². The van der Waals surface area contributed by atoms with Gasteiger partial charge in [0.1, 0.15) is 5.76 Å². The van der Waals surface area contributed by atoms with Crippen molar-refractivity contribution in [2.75, 3.05) is 0 Å². The van der Waals surface area contributed by atoms with Crippen molar-refractivity contribution in [1.82, 2.24) is 0 Å². The van der Waals surface area contributed by atoms with E-state index >= 15 is 0 Å². The molecule has 2 unspecified atom stereocenters. The Kier molecular flexibility index (Phi) is 2.29. The molecule has 58 valence electrons. The Morgan fingerprint density at radius 2 is 2.10 bits per heavy atom. The molecular weight excluding hydrogens is 144 g/mol. The molecule has 0 fully saturated rings. The molecule has 1 rings (SSSR count). The van der Waals surface area contributed by atoms with Crippen molar-refractivity contribution < 1.29 is 5.11 Å². The lowest BCUT2D eigenvalue weighted by molar-refractivity contribution is 0.281. The van der Waals surface area contributed by atoms with Gasteiger partial charge in [-0.15, -0.1) is 12.6 Å². The summed E-state index contributed by atoms with van der Waals surface area (Å²) in [7, 11) is 0. The van der Waals surface area contributed by atoms with Gasteiger partial charge in [-0.25, -0.2) is 0 Å². The Morgan fingerprint density at radius 3 is 2.60 bits per heavy atom. The van der Waals surface area contributed by atoms with Gasteiger partial charge in [-0.1, -0.05) is 13.8 Å². The summed E-state index contributed by atoms with van der Waals surface area (Å²) >= 11 is 4.20. The Bertz CT molecular complexity index is 163. The third kappa shape index (κ3) is 1.48. The smallest absolute Gasteiger partial charge is 0.104 e. The lowest BCUT2D eigenvalue weighted by Gasteiger charge is -2.24. The summed E-state index contributed by atoms with van der Waals surface area (Å²) in [6.07, 6.45) is 2.04. The van der Waals surface area contributed by atoms with E-state index in [1.807, 2.05) is 6.92 Å². The second-order valence-electron chi connectivity index (χ2n) is 3.28. The summed E-state index contributed by atoms with van der Waals surface area (Å²) in [5.41, 5.74) is 0. The standard InChI is InChI=1S/C8H14OS/c1-5-3-6(2)8(9)7(10)4-5/h5-6,9-10H,3-4H2,1-2H3. The average Bonchev–Trinajstić information content (AvgIpc) is 1.82. The maximum absolute atomic E-state index is 9.37. The zero-order valence-corrected chi connectivity index (χ0v) is 7.36. The van der Waals surface area contributed by atoms with Crippen LogP contribution in [0.2, 0.25) is 0 Å². The Labute approximate surface area is 67.5 Å². The van der Waals surface area contributed by atoms with Crippen LogP contribution in [0.5, 0.6) is 0 Å². The van der Waals surface area contributed by atoms with E-state index in [-0.39, 0.29) is 0 Å². The highest BCUT2D eigenvalue weighted by Gasteiger charge is 2.21. The van der Waals surface area contributed by atoms with Crippen LogP contribution >= 0.6 is 12.6 Å². The average molecular weight is 158 g/mol. The first-order valence-corrected chi connectivity index (χ1v) is 4.17. The lowest BCUT2D eigenvalue weighted by atomic mass is 9.87. The van der Waals surface area contributed by atoms with Gasteiger partial charge < -0.3 is 5.11 Å². The molecule has 1 N–H and O–H groups in total. The molecular formula is C8H14OS. The van der Waals surface area contributed by atoms with Gasteiger partial charge in [-0.3, -0.25) is 0 Å². The molecule has 0 saturated carbocycles. The SMILES string of the molecule is CC1CC(S)=C(O)C(C)C1. The molecule has 2 heteroatoms. The summed E-state index contributed by atoms with van der Waals surface area (Å²) in [5.74, 6) is 1.50. The van der Waals surface area contributed by atoms with E-state index in [2.05, 4.69) is 19.6 Å². The van der Waals surface area contributed by atoms with E-state index in [1.54, 1.807) is 0 Å². The molecule has 10 heavy (non-hydrogen) atoms. The van der Waals surface area contributed by atoms with Gasteiger partial charge in [-0.2, -0.15) is 0 Å². The fourth-order valence-corrected chi connectivity index (χ4v) is 2.05. The van der Waals surface area contributed by atoms with Gasteiger partial charge >= 0.3 is 0 Å². The van der Waals surface area contributed by atoms with Gasteiger partial charge in [0, 0.05) is 10.8 Å². The summed E-state index contributed by atoms with van der Waals surface area (Å²) in [5, 5.41) is 9.37. The number of hydrogen-bond acceptors (Lipinski definition) is 2. The minimum absolute atomic E-state index is 0.316. The minimum atomic E-state index is 0.316. The molecule has 0 aliphatic heterocycles. The van der Waals surface area contributed by atoms with Gasteiger partial charge in [0.15, 0.2) is 0 Å². The lowest BCUT2D eigenvalue weighted by Crippen LogP contribution is -2.13. The number of allylic oxidation sites excluding steroid dienone is 2. The van der Waals surface area contributed by atoms with Crippen LogP contribution in [0, 0.1) is 11.8 Å². The number of rotatable bonds is 0. The topological polar surface area (TPSA) is 20.2 Å². The van der Waals surface area contributed by atoms with E-state index in [4.69, 9.17) is 0 Å². The predicted molar refractivity (Wildman–Crippen MR) is 46.2 cm³/mol. The van der Waals surface area contributed by atoms with Crippen molar-refractivity contribution in [3.05, 3.63) is 10.7 Å². The van der Waals surface area contributed by atoms with E-state index in [0.717, 1.165) is 17.7 Å². The molecule has 0 radical (unpaired) electrons. The highest BCUT2D eigenvalue weighted by molar-refractivity contribution is 7.84. The van der Waals surface area contributed by atoms with Crippen LogP contribution < -0.4 is 0 Å². The zero-order chi connectivity index (χ0) is 7.72. The second-order valence-corrected chi connectivity index (χ2v) is 3.82. The number of aliphatic hydroxyl groups is 1. The Balaban J connectivity index is 2.74. The normalized spacial score (nSPS) is 34.7. The first-order chi connectivity index (χ1) is 4.61. The maximum atomic E-state index is 9.37. The molecule has 2 atom stereocenters.